The number of aliphatic hydroxyl groups is 1. The Morgan fingerprint density at radius 3 is 2.00 bits per heavy atom. The molecule has 1 nitrogen and oxygen atoms in total. The Kier molecular flexibility index (Phi) is 15.3. The minimum absolute atomic E-state index is 0. The topological polar surface area (TPSA) is 20.2 Å². The fourth-order valence-corrected chi connectivity index (χ4v) is 0.362. The van der Waals surface area contributed by atoms with E-state index >= 15 is 0 Å². The normalized spacial score (nSPS) is 7.71. The summed E-state index contributed by atoms with van der Waals surface area (Å²) in [5, 5.41) is 8.20. The summed E-state index contributed by atoms with van der Waals surface area (Å²) in [6.07, 6.45) is 3.33. The number of hydrogen-bond acceptors (Lipinski definition) is 1. The average molecular weight is 300 g/mol. The third-order valence-electron chi connectivity index (χ3n) is 0.762. The van der Waals surface area contributed by atoms with E-state index in [1.807, 2.05) is 0 Å². The van der Waals surface area contributed by atoms with E-state index in [1.54, 1.807) is 0 Å². The molecule has 0 atom stereocenters. The van der Waals surface area contributed by atoms with Crippen molar-refractivity contribution in [2.45, 2.75) is 26.2 Å². The first-order valence-corrected chi connectivity index (χ1v) is 2.52. The molecule has 0 aromatic rings. The summed E-state index contributed by atoms with van der Waals surface area (Å²) in [5.74, 6) is 0. The zero-order chi connectivity index (χ0) is 4.83. The zero-order valence-electron chi connectivity index (χ0n) is 4.98. The molecule has 0 aliphatic rings. The van der Waals surface area contributed by atoms with Gasteiger partial charge >= 0.3 is 26.2 Å². The van der Waals surface area contributed by atoms with Gasteiger partial charge in [-0.15, -0.1) is 0 Å². The fraction of sp³-hybridized carbons (Fsp3) is 1.00. The van der Waals surface area contributed by atoms with Gasteiger partial charge in [0, 0.05) is 6.61 Å². The van der Waals surface area contributed by atoms with Crippen LogP contribution in [0.2, 0.25) is 0 Å². The second-order valence-electron chi connectivity index (χ2n) is 1.43. The molecule has 0 aliphatic heterocycles. The molecule has 46 valence electrons. The third-order valence-corrected chi connectivity index (χ3v) is 0.762. The third kappa shape index (κ3) is 10.9. The molecular formula is C5H15BiO. The molecule has 1 N–H and O–H groups in total. The van der Waals surface area contributed by atoms with Crippen LogP contribution in [0.4, 0.5) is 0 Å². The second kappa shape index (κ2) is 9.96. The molecule has 0 aromatic carbocycles. The van der Waals surface area contributed by atoms with E-state index in [0.29, 0.717) is 6.61 Å². The molecule has 0 heterocycles. The van der Waals surface area contributed by atoms with Gasteiger partial charge in [-0.1, -0.05) is 19.8 Å². The van der Waals surface area contributed by atoms with Gasteiger partial charge in [-0.05, 0) is 6.42 Å². The molecule has 0 aliphatic carbocycles. The molecule has 0 radical (unpaired) electrons. The van der Waals surface area contributed by atoms with E-state index < -0.39 is 0 Å². The van der Waals surface area contributed by atoms with Gasteiger partial charge in [0.15, 0.2) is 0 Å². The number of hydrogen-bond donors (Lipinski definition) is 1. The summed E-state index contributed by atoms with van der Waals surface area (Å²) < 4.78 is 0. The van der Waals surface area contributed by atoms with E-state index in [1.165, 1.54) is 6.42 Å². The van der Waals surface area contributed by atoms with Crippen LogP contribution < -0.4 is 0 Å². The van der Waals surface area contributed by atoms with Crippen LogP contribution in [0.25, 0.3) is 0 Å². The van der Waals surface area contributed by atoms with Gasteiger partial charge in [-0.2, -0.15) is 0 Å². The molecular weight excluding hydrogens is 285 g/mol. The van der Waals surface area contributed by atoms with Crippen molar-refractivity contribution in [1.82, 2.24) is 0 Å². The number of rotatable bonds is 3. The molecule has 0 amide bonds. The summed E-state index contributed by atoms with van der Waals surface area (Å²) in [6, 6.07) is 0. The predicted octanol–water partition coefficient (Wildman–Crippen LogP) is -0.0150. The summed E-state index contributed by atoms with van der Waals surface area (Å²) in [5.41, 5.74) is 0. The maximum atomic E-state index is 8.20. The van der Waals surface area contributed by atoms with Gasteiger partial charge < -0.3 is 5.11 Å². The van der Waals surface area contributed by atoms with Crippen LogP contribution in [-0.4, -0.2) is 37.9 Å². The monoisotopic (exact) mass is 300 g/mol. The standard InChI is InChI=1S/C5H12O.Bi.3H/c1-2-3-4-5-6;;;;/h6H,2-5H2,1H3;;;;. The molecule has 0 unspecified atom stereocenters. The first kappa shape index (κ1) is 10.8. The van der Waals surface area contributed by atoms with Crippen molar-refractivity contribution in [2.75, 3.05) is 6.61 Å². The maximum absolute atomic E-state index is 8.20. The molecule has 0 fully saturated rings. The Hall–Kier alpha value is 0.843. The van der Waals surface area contributed by atoms with E-state index in [-0.39, 0.29) is 26.2 Å². The van der Waals surface area contributed by atoms with Crippen molar-refractivity contribution in [3.63, 3.8) is 0 Å². The van der Waals surface area contributed by atoms with Gasteiger partial charge in [-0.3, -0.25) is 0 Å². The van der Waals surface area contributed by atoms with Gasteiger partial charge in [-0.25, -0.2) is 0 Å². The van der Waals surface area contributed by atoms with E-state index in [0.717, 1.165) is 12.8 Å². The molecule has 0 aromatic heterocycles. The Labute approximate surface area is 64.2 Å². The van der Waals surface area contributed by atoms with Crippen molar-refractivity contribution in [2.24, 2.45) is 0 Å². The van der Waals surface area contributed by atoms with Crippen LogP contribution in [0.5, 0.6) is 0 Å². The predicted molar refractivity (Wildman–Crippen MR) is 36.5 cm³/mol. The minimum atomic E-state index is 0. The SMILES string of the molecule is CCCCCO.[BiH3]. The van der Waals surface area contributed by atoms with Gasteiger partial charge in [0.25, 0.3) is 0 Å². The van der Waals surface area contributed by atoms with Crippen molar-refractivity contribution < 1.29 is 5.11 Å². The molecule has 0 saturated heterocycles. The Morgan fingerprint density at radius 1 is 1.29 bits per heavy atom. The summed E-state index contributed by atoms with van der Waals surface area (Å²) in [7, 11) is 0. The van der Waals surface area contributed by atoms with Crippen LogP contribution in [0.1, 0.15) is 26.2 Å². The first-order chi connectivity index (χ1) is 2.91. The average Bonchev–Trinajstić information content (AvgIpc) is 1.61. The van der Waals surface area contributed by atoms with Crippen LogP contribution in [-0.2, 0) is 0 Å². The van der Waals surface area contributed by atoms with Gasteiger partial charge in [0.05, 0.1) is 0 Å². The zero-order valence-corrected chi connectivity index (χ0v) is 10.5. The summed E-state index contributed by atoms with van der Waals surface area (Å²) in [6.45, 7) is 2.48. The van der Waals surface area contributed by atoms with E-state index in [9.17, 15) is 0 Å². The first-order valence-electron chi connectivity index (χ1n) is 2.52. The van der Waals surface area contributed by atoms with Crippen molar-refractivity contribution in [3.8, 4) is 0 Å². The fourth-order valence-electron chi connectivity index (χ4n) is 0.362. The van der Waals surface area contributed by atoms with Crippen LogP contribution in [0.15, 0.2) is 0 Å². The Bertz CT molecular complexity index is 20.0. The van der Waals surface area contributed by atoms with E-state index in [4.69, 9.17) is 5.11 Å². The molecule has 7 heavy (non-hydrogen) atoms. The molecule has 0 saturated carbocycles. The van der Waals surface area contributed by atoms with E-state index in [2.05, 4.69) is 6.92 Å². The van der Waals surface area contributed by atoms with Gasteiger partial charge in [0.1, 0.15) is 0 Å². The molecule has 0 spiro atoms. The van der Waals surface area contributed by atoms with Crippen molar-refractivity contribution in [3.05, 3.63) is 0 Å². The van der Waals surface area contributed by atoms with Crippen LogP contribution in [0.3, 0.4) is 0 Å². The van der Waals surface area contributed by atoms with Gasteiger partial charge in [0.2, 0.25) is 0 Å². The molecule has 2 heteroatoms. The summed E-state index contributed by atoms with van der Waals surface area (Å²) >= 11 is 0. The molecule has 0 bridgehead atoms. The number of aliphatic hydroxyl groups excluding tert-OH is 1. The summed E-state index contributed by atoms with van der Waals surface area (Å²) in [4.78, 5) is 0. The van der Waals surface area contributed by atoms with Crippen LogP contribution in [0, 0.1) is 0 Å². The second-order valence-corrected chi connectivity index (χ2v) is 1.43. The van der Waals surface area contributed by atoms with Crippen molar-refractivity contribution in [1.29, 1.82) is 0 Å². The van der Waals surface area contributed by atoms with Crippen molar-refractivity contribution >= 4 is 26.2 Å². The van der Waals surface area contributed by atoms with Crippen LogP contribution >= 0.6 is 0 Å². The quantitative estimate of drug-likeness (QED) is 0.574. The Morgan fingerprint density at radius 2 is 1.86 bits per heavy atom. The number of unbranched alkanes of at least 4 members (excludes halogenated alkanes) is 2. The molecule has 0 rings (SSSR count). The Balaban J connectivity index is 0.